The maximum atomic E-state index is 12.1. The minimum absolute atomic E-state index is 0.188. The van der Waals surface area contributed by atoms with Gasteiger partial charge in [-0.15, -0.1) is 0 Å². The standard InChI is InChI=1S/C14H10Br2ClN5O2/c15-11-12(20-21-13(11)16)14(23)19-9-5-18-22(6-9)7-24-10-3-1-2-8(17)4-10/h1-6H,7H2,(H,19,23)(H,20,21). The van der Waals surface area contributed by atoms with E-state index < -0.39 is 0 Å². The highest BCUT2D eigenvalue weighted by atomic mass is 79.9. The monoisotopic (exact) mass is 473 g/mol. The van der Waals surface area contributed by atoms with Crippen molar-refractivity contribution in [3.63, 3.8) is 0 Å². The van der Waals surface area contributed by atoms with Crippen LogP contribution in [0.3, 0.4) is 0 Å². The number of nitrogens with one attached hydrogen (secondary N) is 2. The Morgan fingerprint density at radius 1 is 1.42 bits per heavy atom. The predicted octanol–water partition coefficient (Wildman–Crippen LogP) is 4.07. The fourth-order valence-corrected chi connectivity index (χ4v) is 2.66. The lowest BCUT2D eigenvalue weighted by Gasteiger charge is -2.06. The Labute approximate surface area is 158 Å². The molecule has 10 heteroatoms. The summed E-state index contributed by atoms with van der Waals surface area (Å²) in [5.74, 6) is 0.271. The number of aromatic amines is 1. The van der Waals surface area contributed by atoms with Gasteiger partial charge in [-0.1, -0.05) is 17.7 Å². The van der Waals surface area contributed by atoms with E-state index in [0.29, 0.717) is 25.5 Å². The maximum absolute atomic E-state index is 12.1. The van der Waals surface area contributed by atoms with E-state index in [-0.39, 0.29) is 18.3 Å². The van der Waals surface area contributed by atoms with Crippen molar-refractivity contribution in [2.24, 2.45) is 0 Å². The summed E-state index contributed by atoms with van der Waals surface area (Å²) in [5.41, 5.74) is 0.769. The molecule has 0 atom stereocenters. The molecule has 3 aromatic rings. The molecule has 0 saturated carbocycles. The van der Waals surface area contributed by atoms with Gasteiger partial charge < -0.3 is 10.1 Å². The molecule has 0 saturated heterocycles. The molecule has 0 aliphatic carbocycles. The first-order valence-electron chi connectivity index (χ1n) is 6.64. The van der Waals surface area contributed by atoms with Gasteiger partial charge in [0.05, 0.1) is 22.6 Å². The topological polar surface area (TPSA) is 84.8 Å². The van der Waals surface area contributed by atoms with Crippen LogP contribution < -0.4 is 10.1 Å². The number of hydrogen-bond donors (Lipinski definition) is 2. The Balaban J connectivity index is 1.61. The van der Waals surface area contributed by atoms with Crippen molar-refractivity contribution >= 4 is 55.1 Å². The zero-order valence-electron chi connectivity index (χ0n) is 12.0. The van der Waals surface area contributed by atoms with Gasteiger partial charge in [0, 0.05) is 5.02 Å². The van der Waals surface area contributed by atoms with Crippen LogP contribution >= 0.6 is 43.5 Å². The Bertz CT molecular complexity index is 880. The largest absolute Gasteiger partial charge is 0.471 e. The molecule has 0 radical (unpaired) electrons. The molecule has 1 aromatic carbocycles. The zero-order valence-corrected chi connectivity index (χ0v) is 15.9. The van der Waals surface area contributed by atoms with Crippen molar-refractivity contribution in [1.29, 1.82) is 0 Å². The number of carbonyl (C=O) groups is 1. The summed E-state index contributed by atoms with van der Waals surface area (Å²) in [4.78, 5) is 12.1. The molecular formula is C14H10Br2ClN5O2. The lowest BCUT2D eigenvalue weighted by Crippen LogP contribution is -2.12. The van der Waals surface area contributed by atoms with E-state index in [2.05, 4.69) is 52.5 Å². The SMILES string of the molecule is O=C(Nc1cnn(COc2cccc(Cl)c2)c1)c1n[nH]c(Br)c1Br. The third-order valence-corrected chi connectivity index (χ3v) is 5.05. The highest BCUT2D eigenvalue weighted by Crippen LogP contribution is 2.24. The van der Waals surface area contributed by atoms with E-state index in [1.807, 2.05) is 0 Å². The van der Waals surface area contributed by atoms with Gasteiger partial charge in [0.1, 0.15) is 10.4 Å². The molecular weight excluding hydrogens is 465 g/mol. The molecule has 0 aliphatic heterocycles. The lowest BCUT2D eigenvalue weighted by molar-refractivity contribution is 0.102. The number of ether oxygens (including phenoxy) is 1. The molecule has 0 fully saturated rings. The molecule has 0 unspecified atom stereocenters. The summed E-state index contributed by atoms with van der Waals surface area (Å²) in [6.07, 6.45) is 3.17. The number of aromatic nitrogens is 4. The molecule has 1 amide bonds. The van der Waals surface area contributed by atoms with Gasteiger partial charge in [-0.25, -0.2) is 4.68 Å². The quantitative estimate of drug-likeness (QED) is 0.583. The highest BCUT2D eigenvalue weighted by molar-refractivity contribution is 9.13. The Kier molecular flexibility index (Phi) is 5.22. The number of hydrogen-bond acceptors (Lipinski definition) is 4. The van der Waals surface area contributed by atoms with Gasteiger partial charge in [-0.3, -0.25) is 9.89 Å². The van der Waals surface area contributed by atoms with Crippen LogP contribution in [0.2, 0.25) is 5.02 Å². The number of nitrogens with zero attached hydrogens (tertiary/aromatic N) is 3. The first kappa shape index (κ1) is 17.0. The van der Waals surface area contributed by atoms with Gasteiger partial charge in [-0.05, 0) is 50.1 Å². The second-order valence-electron chi connectivity index (χ2n) is 4.65. The lowest BCUT2D eigenvalue weighted by atomic mass is 10.3. The van der Waals surface area contributed by atoms with E-state index in [4.69, 9.17) is 16.3 Å². The Morgan fingerprint density at radius 2 is 2.25 bits per heavy atom. The molecule has 0 aliphatic rings. The molecule has 0 spiro atoms. The first-order chi connectivity index (χ1) is 11.5. The number of anilines is 1. The van der Waals surface area contributed by atoms with Crippen molar-refractivity contribution in [1.82, 2.24) is 20.0 Å². The second kappa shape index (κ2) is 7.37. The van der Waals surface area contributed by atoms with Crippen LogP contribution in [0.4, 0.5) is 5.69 Å². The number of halogens is 3. The molecule has 2 heterocycles. The summed E-state index contributed by atoms with van der Waals surface area (Å²) >= 11 is 12.4. The van der Waals surface area contributed by atoms with Gasteiger partial charge in [-0.2, -0.15) is 10.2 Å². The predicted molar refractivity (Wildman–Crippen MR) is 96.2 cm³/mol. The average molecular weight is 476 g/mol. The third-order valence-electron chi connectivity index (χ3n) is 2.93. The molecule has 2 aromatic heterocycles. The number of rotatable bonds is 5. The zero-order chi connectivity index (χ0) is 17.1. The van der Waals surface area contributed by atoms with Crippen molar-refractivity contribution in [2.75, 3.05) is 5.32 Å². The summed E-state index contributed by atoms with van der Waals surface area (Å²) < 4.78 is 8.27. The van der Waals surface area contributed by atoms with Crippen LogP contribution in [-0.2, 0) is 6.73 Å². The van der Waals surface area contributed by atoms with Gasteiger partial charge >= 0.3 is 0 Å². The number of amides is 1. The molecule has 7 nitrogen and oxygen atoms in total. The Morgan fingerprint density at radius 3 is 2.96 bits per heavy atom. The molecule has 0 bridgehead atoms. The smallest absolute Gasteiger partial charge is 0.277 e. The van der Waals surface area contributed by atoms with E-state index in [9.17, 15) is 4.79 Å². The van der Waals surface area contributed by atoms with Crippen molar-refractivity contribution in [3.8, 4) is 5.75 Å². The van der Waals surface area contributed by atoms with Crippen LogP contribution in [0.15, 0.2) is 45.7 Å². The molecule has 2 N–H and O–H groups in total. The fourth-order valence-electron chi connectivity index (χ4n) is 1.84. The third kappa shape index (κ3) is 3.97. The number of carbonyl (C=O) groups excluding carboxylic acids is 1. The summed E-state index contributed by atoms with van der Waals surface area (Å²) in [6, 6.07) is 7.07. The van der Waals surface area contributed by atoms with Crippen LogP contribution in [0.1, 0.15) is 10.5 Å². The normalized spacial score (nSPS) is 10.6. The van der Waals surface area contributed by atoms with Crippen molar-refractivity contribution in [2.45, 2.75) is 6.73 Å². The summed E-state index contributed by atoms with van der Waals surface area (Å²) in [5, 5.41) is 14.0. The second-order valence-corrected chi connectivity index (χ2v) is 6.68. The minimum atomic E-state index is -0.362. The first-order valence-corrected chi connectivity index (χ1v) is 8.61. The van der Waals surface area contributed by atoms with E-state index in [0.717, 1.165) is 0 Å². The van der Waals surface area contributed by atoms with Crippen molar-refractivity contribution in [3.05, 3.63) is 56.5 Å². The van der Waals surface area contributed by atoms with Crippen LogP contribution in [-0.4, -0.2) is 25.9 Å². The molecule has 124 valence electrons. The van der Waals surface area contributed by atoms with E-state index >= 15 is 0 Å². The average Bonchev–Trinajstić information content (AvgIpc) is 3.13. The summed E-state index contributed by atoms with van der Waals surface area (Å²) in [7, 11) is 0. The van der Waals surface area contributed by atoms with Gasteiger partial charge in [0.15, 0.2) is 12.4 Å². The number of H-pyrrole nitrogens is 1. The van der Waals surface area contributed by atoms with Crippen LogP contribution in [0.25, 0.3) is 0 Å². The minimum Gasteiger partial charge on any atom is -0.471 e. The van der Waals surface area contributed by atoms with E-state index in [1.165, 1.54) is 6.20 Å². The van der Waals surface area contributed by atoms with Gasteiger partial charge in [0.2, 0.25) is 0 Å². The van der Waals surface area contributed by atoms with E-state index in [1.54, 1.807) is 35.1 Å². The number of benzene rings is 1. The van der Waals surface area contributed by atoms with Crippen LogP contribution in [0.5, 0.6) is 5.75 Å². The highest BCUT2D eigenvalue weighted by Gasteiger charge is 2.17. The Hall–Kier alpha value is -1.84. The fraction of sp³-hybridized carbons (Fsp3) is 0.0714. The molecule has 3 rings (SSSR count). The summed E-state index contributed by atoms with van der Waals surface area (Å²) in [6.45, 7) is 0.188. The molecule has 24 heavy (non-hydrogen) atoms. The maximum Gasteiger partial charge on any atom is 0.277 e. The van der Waals surface area contributed by atoms with Crippen LogP contribution in [0, 0.1) is 0 Å². The van der Waals surface area contributed by atoms with Crippen molar-refractivity contribution < 1.29 is 9.53 Å². The van der Waals surface area contributed by atoms with Gasteiger partial charge in [0.25, 0.3) is 5.91 Å².